The molecule has 0 radical (unpaired) electrons. The fraction of sp³-hybridized carbons (Fsp3) is 0.304. The second kappa shape index (κ2) is 10.2. The molecule has 2 atom stereocenters. The van der Waals surface area contributed by atoms with Gasteiger partial charge in [-0.25, -0.2) is 4.79 Å². The molecule has 0 spiro atoms. The lowest BCUT2D eigenvalue weighted by Crippen LogP contribution is -2.44. The van der Waals surface area contributed by atoms with Crippen molar-refractivity contribution in [3.8, 4) is 5.75 Å². The molecule has 2 aromatic rings. The smallest absolute Gasteiger partial charge is 0.327 e. The Morgan fingerprint density at radius 2 is 1.89 bits per heavy atom. The summed E-state index contributed by atoms with van der Waals surface area (Å²) in [6.45, 7) is 2.28. The van der Waals surface area contributed by atoms with E-state index in [1.165, 1.54) is 26.2 Å². The highest BCUT2D eigenvalue weighted by Gasteiger charge is 2.51. The van der Waals surface area contributed by atoms with Crippen LogP contribution < -0.4 is 15.4 Å². The van der Waals surface area contributed by atoms with Crippen LogP contribution in [0.3, 0.4) is 0 Å². The predicted octanol–water partition coefficient (Wildman–Crippen LogP) is 2.33. The number of anilines is 1. The summed E-state index contributed by atoms with van der Waals surface area (Å²) in [6.07, 6.45) is -1.11. The Morgan fingerprint density at radius 1 is 1.20 bits per heavy atom. The highest BCUT2D eigenvalue weighted by Crippen LogP contribution is 2.32. The van der Waals surface area contributed by atoms with E-state index < -0.39 is 52.6 Å². The van der Waals surface area contributed by atoms with Crippen LogP contribution in [-0.4, -0.2) is 53.4 Å². The summed E-state index contributed by atoms with van der Waals surface area (Å²) in [4.78, 5) is 61.9. The van der Waals surface area contributed by atoms with E-state index in [4.69, 9.17) is 9.47 Å². The van der Waals surface area contributed by atoms with Crippen molar-refractivity contribution in [2.24, 2.45) is 0 Å². The number of nitrogens with one attached hydrogen (secondary N) is 2. The Balaban J connectivity index is 1.66. The molecule has 2 unspecified atom stereocenters. The number of nitro benzene ring substituents is 1. The van der Waals surface area contributed by atoms with Crippen LogP contribution in [0.2, 0.25) is 0 Å². The fourth-order valence-corrected chi connectivity index (χ4v) is 3.68. The minimum Gasteiger partial charge on any atom is -0.496 e. The topological polar surface area (TPSA) is 157 Å². The Hall–Kier alpha value is -4.48. The SMILES string of the molecule is CCC1(c2ccccc2)NC(=O)N(CC(=O)OC(C)C(=O)Nc2ccc(OC)cc2[N+](=O)[O-])C1=O. The number of rotatable bonds is 9. The van der Waals surface area contributed by atoms with Gasteiger partial charge >= 0.3 is 12.0 Å². The molecule has 0 aliphatic carbocycles. The van der Waals surface area contributed by atoms with E-state index in [1.807, 2.05) is 0 Å². The van der Waals surface area contributed by atoms with E-state index in [0.717, 1.165) is 11.0 Å². The number of imide groups is 1. The zero-order valence-corrected chi connectivity index (χ0v) is 19.3. The van der Waals surface area contributed by atoms with Gasteiger partial charge in [0.1, 0.15) is 23.5 Å². The number of carbonyl (C=O) groups excluding carboxylic acids is 4. The third-order valence-electron chi connectivity index (χ3n) is 5.60. The minimum atomic E-state index is -1.37. The maximum atomic E-state index is 13.1. The van der Waals surface area contributed by atoms with Gasteiger partial charge < -0.3 is 20.1 Å². The van der Waals surface area contributed by atoms with E-state index in [9.17, 15) is 29.3 Å². The molecule has 1 aliphatic heterocycles. The van der Waals surface area contributed by atoms with Crippen LogP contribution in [0.5, 0.6) is 5.75 Å². The van der Waals surface area contributed by atoms with Crippen molar-refractivity contribution in [2.75, 3.05) is 19.0 Å². The number of ether oxygens (including phenoxy) is 2. The number of hydrogen-bond donors (Lipinski definition) is 2. The van der Waals surface area contributed by atoms with Gasteiger partial charge in [-0.1, -0.05) is 37.3 Å². The molecule has 12 nitrogen and oxygen atoms in total. The van der Waals surface area contributed by atoms with Crippen LogP contribution in [-0.2, 0) is 24.7 Å². The average molecular weight is 484 g/mol. The number of nitrogens with zero attached hydrogens (tertiary/aromatic N) is 2. The number of urea groups is 1. The molecule has 1 heterocycles. The lowest BCUT2D eigenvalue weighted by Gasteiger charge is -2.25. The van der Waals surface area contributed by atoms with Gasteiger partial charge in [-0.2, -0.15) is 0 Å². The lowest BCUT2D eigenvalue weighted by atomic mass is 9.87. The number of nitro groups is 1. The first kappa shape index (κ1) is 25.1. The Morgan fingerprint density at radius 3 is 2.49 bits per heavy atom. The Labute approximate surface area is 200 Å². The quantitative estimate of drug-likeness (QED) is 0.238. The molecule has 4 amide bonds. The van der Waals surface area contributed by atoms with Crippen LogP contribution in [0.25, 0.3) is 0 Å². The predicted molar refractivity (Wildman–Crippen MR) is 122 cm³/mol. The molecule has 0 saturated carbocycles. The normalized spacial score (nSPS) is 18.0. The van der Waals surface area contributed by atoms with E-state index in [1.54, 1.807) is 37.3 Å². The molecular formula is C23H24N4O8. The molecule has 0 aromatic heterocycles. The van der Waals surface area contributed by atoms with E-state index >= 15 is 0 Å². The van der Waals surface area contributed by atoms with Crippen molar-refractivity contribution in [3.05, 3.63) is 64.2 Å². The van der Waals surface area contributed by atoms with Crippen LogP contribution in [0.15, 0.2) is 48.5 Å². The van der Waals surface area contributed by atoms with E-state index in [0.29, 0.717) is 5.56 Å². The van der Waals surface area contributed by atoms with Crippen LogP contribution in [0, 0.1) is 10.1 Å². The zero-order chi connectivity index (χ0) is 25.8. The fourth-order valence-electron chi connectivity index (χ4n) is 3.68. The van der Waals surface area contributed by atoms with Crippen LogP contribution >= 0.6 is 0 Å². The molecule has 2 aromatic carbocycles. The summed E-state index contributed by atoms with van der Waals surface area (Å²) in [5, 5.41) is 16.3. The minimum absolute atomic E-state index is 0.117. The number of amides is 4. The first-order chi connectivity index (χ1) is 16.6. The van der Waals surface area contributed by atoms with Gasteiger partial charge in [0.05, 0.1) is 18.1 Å². The highest BCUT2D eigenvalue weighted by molar-refractivity contribution is 6.09. The monoisotopic (exact) mass is 484 g/mol. The van der Waals surface area contributed by atoms with Crippen molar-refractivity contribution in [3.63, 3.8) is 0 Å². The third-order valence-corrected chi connectivity index (χ3v) is 5.60. The molecule has 1 saturated heterocycles. The summed E-state index contributed by atoms with van der Waals surface area (Å²) in [5.41, 5.74) is -1.26. The second-order valence-electron chi connectivity index (χ2n) is 7.71. The summed E-state index contributed by atoms with van der Waals surface area (Å²) < 4.78 is 10.0. The second-order valence-corrected chi connectivity index (χ2v) is 7.71. The summed E-state index contributed by atoms with van der Waals surface area (Å²) in [6, 6.07) is 11.7. The van der Waals surface area contributed by atoms with Gasteiger partial charge in [0.2, 0.25) is 0 Å². The number of methoxy groups -OCH3 is 1. The van der Waals surface area contributed by atoms with Crippen molar-refractivity contribution in [2.45, 2.75) is 31.9 Å². The number of benzene rings is 2. The zero-order valence-electron chi connectivity index (χ0n) is 19.3. The van der Waals surface area contributed by atoms with E-state index in [2.05, 4.69) is 10.6 Å². The van der Waals surface area contributed by atoms with Crippen molar-refractivity contribution < 1.29 is 33.6 Å². The maximum absolute atomic E-state index is 13.1. The average Bonchev–Trinajstić information content (AvgIpc) is 3.09. The lowest BCUT2D eigenvalue weighted by molar-refractivity contribution is -0.384. The largest absolute Gasteiger partial charge is 0.496 e. The van der Waals surface area contributed by atoms with E-state index in [-0.39, 0.29) is 17.9 Å². The summed E-state index contributed by atoms with van der Waals surface area (Å²) in [5.74, 6) is -2.23. The molecule has 2 N–H and O–H groups in total. The Kier molecular flexibility index (Phi) is 7.33. The third kappa shape index (κ3) is 5.05. The van der Waals surface area contributed by atoms with Crippen molar-refractivity contribution >= 4 is 35.2 Å². The summed E-state index contributed by atoms with van der Waals surface area (Å²) >= 11 is 0. The first-order valence-electron chi connectivity index (χ1n) is 10.6. The van der Waals surface area contributed by atoms with Crippen LogP contribution in [0.1, 0.15) is 25.8 Å². The summed E-state index contributed by atoms with van der Waals surface area (Å²) in [7, 11) is 1.34. The molecule has 35 heavy (non-hydrogen) atoms. The van der Waals surface area contributed by atoms with Crippen molar-refractivity contribution in [1.82, 2.24) is 10.2 Å². The molecule has 1 fully saturated rings. The standard InChI is InChI=1S/C23H24N4O8/c1-4-23(15-8-6-5-7-9-15)21(30)26(22(31)25-23)13-19(28)35-14(2)20(29)24-17-11-10-16(34-3)12-18(17)27(32)33/h5-12,14H,4,13H2,1-3H3,(H,24,29)(H,25,31). The number of hydrogen-bond acceptors (Lipinski definition) is 8. The van der Waals surface area contributed by atoms with Crippen LogP contribution in [0.4, 0.5) is 16.2 Å². The number of esters is 1. The number of carbonyl (C=O) groups is 4. The molecular weight excluding hydrogens is 460 g/mol. The maximum Gasteiger partial charge on any atom is 0.327 e. The molecule has 12 heteroatoms. The highest BCUT2D eigenvalue weighted by atomic mass is 16.6. The van der Waals surface area contributed by atoms with Gasteiger partial charge in [0.15, 0.2) is 6.10 Å². The molecule has 3 rings (SSSR count). The Bertz CT molecular complexity index is 1170. The van der Waals surface area contributed by atoms with Gasteiger partial charge in [0.25, 0.3) is 17.5 Å². The van der Waals surface area contributed by atoms with Gasteiger partial charge in [-0.3, -0.25) is 29.4 Å². The molecule has 0 bridgehead atoms. The van der Waals surface area contributed by atoms with Gasteiger partial charge in [-0.15, -0.1) is 0 Å². The van der Waals surface area contributed by atoms with Gasteiger partial charge in [-0.05, 0) is 31.0 Å². The molecule has 184 valence electrons. The van der Waals surface area contributed by atoms with Gasteiger partial charge in [0, 0.05) is 0 Å². The first-order valence-corrected chi connectivity index (χ1v) is 10.6. The van der Waals surface area contributed by atoms with Crippen molar-refractivity contribution in [1.29, 1.82) is 0 Å². The molecule has 1 aliphatic rings.